The molecule has 0 aliphatic rings. The highest BCUT2D eigenvalue weighted by molar-refractivity contribution is 5.71. The summed E-state index contributed by atoms with van der Waals surface area (Å²) >= 11 is 0. The second-order valence-corrected chi connectivity index (χ2v) is 21.7. The lowest BCUT2D eigenvalue weighted by atomic mass is 10.0. The molecule has 1 unspecified atom stereocenters. The summed E-state index contributed by atoms with van der Waals surface area (Å²) in [5.41, 5.74) is 0. The maximum absolute atomic E-state index is 12.9. The zero-order chi connectivity index (χ0) is 52.9. The topological polar surface area (TPSA) is 78.9 Å². The van der Waals surface area contributed by atoms with Crippen molar-refractivity contribution >= 4 is 17.9 Å². The molecule has 0 amide bonds. The first-order chi connectivity index (χ1) is 36.0. The number of hydrogen-bond acceptors (Lipinski definition) is 6. The first-order valence-corrected chi connectivity index (χ1v) is 32.1. The Balaban J connectivity index is 4.22. The lowest BCUT2D eigenvalue weighted by Gasteiger charge is -2.18. The van der Waals surface area contributed by atoms with Crippen LogP contribution in [-0.4, -0.2) is 37.2 Å². The van der Waals surface area contributed by atoms with Crippen LogP contribution >= 0.6 is 0 Å². The molecule has 0 saturated heterocycles. The normalized spacial score (nSPS) is 12.3. The van der Waals surface area contributed by atoms with Gasteiger partial charge in [-0.05, 0) is 103 Å². The van der Waals surface area contributed by atoms with Crippen LogP contribution in [0.25, 0.3) is 0 Å². The van der Waals surface area contributed by atoms with E-state index in [4.69, 9.17) is 14.2 Å². The van der Waals surface area contributed by atoms with Gasteiger partial charge in [0.2, 0.25) is 0 Å². The van der Waals surface area contributed by atoms with Crippen molar-refractivity contribution in [3.05, 3.63) is 48.6 Å². The zero-order valence-corrected chi connectivity index (χ0v) is 48.9. The quantitative estimate of drug-likeness (QED) is 0.0261. The molecule has 0 fully saturated rings. The molecule has 0 aliphatic carbocycles. The molecule has 0 rings (SSSR count). The van der Waals surface area contributed by atoms with Crippen molar-refractivity contribution in [2.24, 2.45) is 0 Å². The number of unbranched alkanes of at least 4 members (excludes halogenated alkanes) is 40. The fraction of sp³-hybridized carbons (Fsp3) is 0.836. The van der Waals surface area contributed by atoms with Crippen LogP contribution in [0.15, 0.2) is 48.6 Å². The van der Waals surface area contributed by atoms with E-state index < -0.39 is 6.10 Å². The summed E-state index contributed by atoms with van der Waals surface area (Å²) in [6.07, 6.45) is 76.9. The third-order valence-electron chi connectivity index (χ3n) is 14.3. The Hall–Kier alpha value is -2.63. The summed E-state index contributed by atoms with van der Waals surface area (Å²) in [4.78, 5) is 38.2. The van der Waals surface area contributed by atoms with Gasteiger partial charge < -0.3 is 14.2 Å². The van der Waals surface area contributed by atoms with Gasteiger partial charge in [-0.2, -0.15) is 0 Å². The van der Waals surface area contributed by atoms with Crippen LogP contribution in [0, 0.1) is 0 Å². The van der Waals surface area contributed by atoms with Gasteiger partial charge in [0.1, 0.15) is 13.2 Å². The summed E-state index contributed by atoms with van der Waals surface area (Å²) in [6.45, 7) is 6.64. The van der Waals surface area contributed by atoms with E-state index in [0.717, 1.165) is 77.0 Å². The maximum Gasteiger partial charge on any atom is 0.306 e. The van der Waals surface area contributed by atoms with E-state index in [9.17, 15) is 14.4 Å². The smallest absolute Gasteiger partial charge is 0.306 e. The van der Waals surface area contributed by atoms with Gasteiger partial charge in [-0.15, -0.1) is 0 Å². The van der Waals surface area contributed by atoms with Crippen LogP contribution in [-0.2, 0) is 28.6 Å². The third-order valence-corrected chi connectivity index (χ3v) is 14.3. The SMILES string of the molecule is CCCCCCC/C=C\C/C=C\CCCCCCCCCCCCCCCCCC(=O)OCC(COC(=O)CCCCCCC/C=C\CCCCCCC)OC(=O)CCCCCCC/C=C\CCCCCCC. The van der Waals surface area contributed by atoms with E-state index in [1.54, 1.807) is 0 Å². The molecule has 0 aliphatic heterocycles. The average molecular weight is 1020 g/mol. The van der Waals surface area contributed by atoms with Gasteiger partial charge in [-0.25, -0.2) is 0 Å². The minimum atomic E-state index is -0.779. The van der Waals surface area contributed by atoms with Crippen molar-refractivity contribution in [2.45, 2.75) is 348 Å². The lowest BCUT2D eigenvalue weighted by molar-refractivity contribution is -0.167. The third kappa shape index (κ3) is 60.1. The molecule has 73 heavy (non-hydrogen) atoms. The Morgan fingerprint density at radius 2 is 0.493 bits per heavy atom. The Labute approximate surface area is 454 Å². The highest BCUT2D eigenvalue weighted by atomic mass is 16.6. The second kappa shape index (κ2) is 61.9. The van der Waals surface area contributed by atoms with Crippen LogP contribution < -0.4 is 0 Å². The van der Waals surface area contributed by atoms with Gasteiger partial charge in [-0.1, -0.05) is 268 Å². The summed E-state index contributed by atoms with van der Waals surface area (Å²) in [6, 6.07) is 0. The molecule has 0 bridgehead atoms. The zero-order valence-electron chi connectivity index (χ0n) is 48.9. The van der Waals surface area contributed by atoms with Crippen molar-refractivity contribution in [3.8, 4) is 0 Å². The molecule has 0 aromatic rings. The van der Waals surface area contributed by atoms with Crippen molar-refractivity contribution < 1.29 is 28.6 Å². The van der Waals surface area contributed by atoms with Gasteiger partial charge in [0, 0.05) is 19.3 Å². The number of allylic oxidation sites excluding steroid dienone is 8. The van der Waals surface area contributed by atoms with E-state index in [2.05, 4.69) is 69.4 Å². The van der Waals surface area contributed by atoms with Crippen molar-refractivity contribution in [1.29, 1.82) is 0 Å². The Bertz CT molecular complexity index is 1270. The van der Waals surface area contributed by atoms with E-state index in [-0.39, 0.29) is 31.1 Å². The maximum atomic E-state index is 12.9. The molecule has 0 radical (unpaired) electrons. The standard InChI is InChI=1S/C67H122O6/c1-4-7-10-13-16-19-22-25-28-29-30-31-32-33-34-35-36-37-38-39-40-43-45-48-51-54-57-60-66(69)72-63-64(73-67(70)61-58-55-52-49-46-42-27-24-21-18-15-12-9-6-3)62-71-65(68)59-56-53-50-47-44-41-26-23-20-17-14-11-8-5-2/h22-27,29-30,64H,4-21,28,31-63H2,1-3H3/b25-22-,26-23-,27-24-,30-29-. The van der Waals surface area contributed by atoms with Crippen LogP contribution in [0.5, 0.6) is 0 Å². The van der Waals surface area contributed by atoms with Crippen LogP contribution in [0.1, 0.15) is 342 Å². The lowest BCUT2D eigenvalue weighted by Crippen LogP contribution is -2.30. The first kappa shape index (κ1) is 70.4. The Kier molecular flexibility index (Phi) is 59.7. The number of esters is 3. The van der Waals surface area contributed by atoms with Crippen molar-refractivity contribution in [1.82, 2.24) is 0 Å². The molecule has 6 nitrogen and oxygen atoms in total. The average Bonchev–Trinajstić information content (AvgIpc) is 3.39. The predicted octanol–water partition coefficient (Wildman–Crippen LogP) is 21.8. The molecule has 0 spiro atoms. The molecule has 1 atom stereocenters. The molecule has 0 heterocycles. The molecular formula is C67H122O6. The van der Waals surface area contributed by atoms with E-state index in [1.807, 2.05) is 0 Å². The fourth-order valence-corrected chi connectivity index (χ4v) is 9.41. The monoisotopic (exact) mass is 1020 g/mol. The number of ether oxygens (including phenoxy) is 3. The molecular weight excluding hydrogens is 901 g/mol. The van der Waals surface area contributed by atoms with E-state index in [1.165, 1.54) is 225 Å². The molecule has 0 aromatic heterocycles. The van der Waals surface area contributed by atoms with Crippen molar-refractivity contribution in [2.75, 3.05) is 13.2 Å². The number of rotatable bonds is 59. The van der Waals surface area contributed by atoms with E-state index >= 15 is 0 Å². The molecule has 0 N–H and O–H groups in total. The molecule has 6 heteroatoms. The molecule has 0 saturated carbocycles. The van der Waals surface area contributed by atoms with Crippen LogP contribution in [0.2, 0.25) is 0 Å². The minimum absolute atomic E-state index is 0.0763. The Morgan fingerprint density at radius 1 is 0.274 bits per heavy atom. The second-order valence-electron chi connectivity index (χ2n) is 21.7. The summed E-state index contributed by atoms with van der Waals surface area (Å²) in [5.74, 6) is -0.876. The predicted molar refractivity (Wildman–Crippen MR) is 316 cm³/mol. The minimum Gasteiger partial charge on any atom is -0.462 e. The van der Waals surface area contributed by atoms with Crippen LogP contribution in [0.4, 0.5) is 0 Å². The number of carbonyl (C=O) groups is 3. The number of hydrogen-bond donors (Lipinski definition) is 0. The summed E-state index contributed by atoms with van der Waals surface area (Å²) in [7, 11) is 0. The van der Waals surface area contributed by atoms with Gasteiger partial charge in [0.25, 0.3) is 0 Å². The summed E-state index contributed by atoms with van der Waals surface area (Å²) in [5, 5.41) is 0. The molecule has 426 valence electrons. The van der Waals surface area contributed by atoms with Gasteiger partial charge in [0.15, 0.2) is 6.10 Å². The first-order valence-electron chi connectivity index (χ1n) is 32.1. The fourth-order valence-electron chi connectivity index (χ4n) is 9.41. The van der Waals surface area contributed by atoms with Crippen LogP contribution in [0.3, 0.4) is 0 Å². The Morgan fingerprint density at radius 3 is 0.767 bits per heavy atom. The highest BCUT2D eigenvalue weighted by Crippen LogP contribution is 2.17. The van der Waals surface area contributed by atoms with Gasteiger partial charge >= 0.3 is 17.9 Å². The van der Waals surface area contributed by atoms with Gasteiger partial charge in [0.05, 0.1) is 0 Å². The largest absolute Gasteiger partial charge is 0.462 e. The summed E-state index contributed by atoms with van der Waals surface area (Å²) < 4.78 is 16.9. The number of carbonyl (C=O) groups excluding carboxylic acids is 3. The molecule has 0 aromatic carbocycles. The van der Waals surface area contributed by atoms with E-state index in [0.29, 0.717) is 19.3 Å². The van der Waals surface area contributed by atoms with Gasteiger partial charge in [-0.3, -0.25) is 14.4 Å². The highest BCUT2D eigenvalue weighted by Gasteiger charge is 2.19. The van der Waals surface area contributed by atoms with Crippen molar-refractivity contribution in [3.63, 3.8) is 0 Å².